The number of pyridine rings is 1. The van der Waals surface area contributed by atoms with Gasteiger partial charge in [-0.25, -0.2) is 9.67 Å². The van der Waals surface area contributed by atoms with Crippen molar-refractivity contribution in [2.24, 2.45) is 4.99 Å². The highest BCUT2D eigenvalue weighted by molar-refractivity contribution is 6.02. The SMILES string of the molecule is CCc1nn2c(c1-c1ccc(OC)cc1)N=C(c1ccco1)CC2c1cccnc1. The number of fused-ring (bicyclic) bond motifs is 1. The quantitative estimate of drug-likeness (QED) is 0.462. The summed E-state index contributed by atoms with van der Waals surface area (Å²) in [5.74, 6) is 2.46. The Bertz CT molecular complexity index is 1180. The molecule has 0 amide bonds. The molecule has 0 spiro atoms. The van der Waals surface area contributed by atoms with Crippen LogP contribution in [0.1, 0.15) is 36.4 Å². The fraction of sp³-hybridized carbons (Fsp3) is 0.208. The summed E-state index contributed by atoms with van der Waals surface area (Å²) in [6.07, 6.45) is 6.88. The fourth-order valence-corrected chi connectivity index (χ4v) is 3.97. The van der Waals surface area contributed by atoms with Gasteiger partial charge in [0.25, 0.3) is 0 Å². The Hall–Kier alpha value is -3.67. The molecule has 5 rings (SSSR count). The van der Waals surface area contributed by atoms with Crippen molar-refractivity contribution >= 4 is 11.5 Å². The molecule has 150 valence electrons. The summed E-state index contributed by atoms with van der Waals surface area (Å²) in [5.41, 5.74) is 5.16. The van der Waals surface area contributed by atoms with Crippen LogP contribution >= 0.6 is 0 Å². The van der Waals surface area contributed by atoms with E-state index in [9.17, 15) is 0 Å². The predicted octanol–water partition coefficient (Wildman–Crippen LogP) is 5.22. The molecule has 0 radical (unpaired) electrons. The number of hydrogen-bond donors (Lipinski definition) is 0. The van der Waals surface area contributed by atoms with Crippen molar-refractivity contribution in [3.05, 3.63) is 84.2 Å². The molecule has 30 heavy (non-hydrogen) atoms. The average Bonchev–Trinajstić information content (AvgIpc) is 3.47. The zero-order valence-electron chi connectivity index (χ0n) is 16.9. The summed E-state index contributed by atoms with van der Waals surface area (Å²) in [7, 11) is 1.67. The lowest BCUT2D eigenvalue weighted by Crippen LogP contribution is -2.21. The number of hydrogen-bond acceptors (Lipinski definition) is 5. The molecule has 0 aliphatic carbocycles. The lowest BCUT2D eigenvalue weighted by atomic mass is 9.98. The Morgan fingerprint density at radius 1 is 1.13 bits per heavy atom. The van der Waals surface area contributed by atoms with Crippen molar-refractivity contribution in [1.82, 2.24) is 14.8 Å². The number of nitrogens with zero attached hydrogens (tertiary/aromatic N) is 4. The molecule has 1 aliphatic rings. The number of benzene rings is 1. The van der Waals surface area contributed by atoms with E-state index in [1.165, 1.54) is 0 Å². The second kappa shape index (κ2) is 7.63. The van der Waals surface area contributed by atoms with Crippen LogP contribution in [0.4, 0.5) is 5.82 Å². The Labute approximate surface area is 174 Å². The van der Waals surface area contributed by atoms with Gasteiger partial charge < -0.3 is 9.15 Å². The molecule has 0 saturated carbocycles. The maximum absolute atomic E-state index is 5.69. The maximum Gasteiger partial charge on any atom is 0.159 e. The highest BCUT2D eigenvalue weighted by Crippen LogP contribution is 2.42. The van der Waals surface area contributed by atoms with Gasteiger partial charge in [0, 0.05) is 24.4 Å². The second-order valence-electron chi connectivity index (χ2n) is 7.21. The van der Waals surface area contributed by atoms with Gasteiger partial charge in [-0.15, -0.1) is 0 Å². The van der Waals surface area contributed by atoms with E-state index in [1.807, 2.05) is 41.2 Å². The van der Waals surface area contributed by atoms with E-state index in [2.05, 4.69) is 30.1 Å². The summed E-state index contributed by atoms with van der Waals surface area (Å²) in [6.45, 7) is 2.12. The largest absolute Gasteiger partial charge is 0.497 e. The first-order chi connectivity index (χ1) is 14.8. The van der Waals surface area contributed by atoms with Crippen molar-refractivity contribution in [3.8, 4) is 16.9 Å². The number of ether oxygens (including phenoxy) is 1. The van der Waals surface area contributed by atoms with Crippen molar-refractivity contribution in [2.75, 3.05) is 7.11 Å². The molecule has 0 N–H and O–H groups in total. The van der Waals surface area contributed by atoms with E-state index >= 15 is 0 Å². The third-order valence-corrected chi connectivity index (χ3v) is 5.47. The van der Waals surface area contributed by atoms with Crippen molar-refractivity contribution in [2.45, 2.75) is 25.8 Å². The molecule has 0 bridgehead atoms. The summed E-state index contributed by atoms with van der Waals surface area (Å²) in [4.78, 5) is 9.35. The third kappa shape index (κ3) is 3.10. The van der Waals surface area contributed by atoms with Crippen LogP contribution in [0.25, 0.3) is 11.1 Å². The highest BCUT2D eigenvalue weighted by atomic mass is 16.5. The number of aryl methyl sites for hydroxylation is 1. The van der Waals surface area contributed by atoms with E-state index < -0.39 is 0 Å². The molecule has 0 saturated heterocycles. The number of methoxy groups -OCH3 is 1. The monoisotopic (exact) mass is 398 g/mol. The van der Waals surface area contributed by atoms with Crippen LogP contribution in [-0.2, 0) is 6.42 Å². The normalized spacial score (nSPS) is 15.5. The first-order valence-corrected chi connectivity index (χ1v) is 10.1. The summed E-state index contributed by atoms with van der Waals surface area (Å²) in [6, 6.07) is 16.0. The number of aromatic nitrogens is 3. The van der Waals surface area contributed by atoms with Gasteiger partial charge in [-0.3, -0.25) is 4.98 Å². The Kier molecular flexibility index (Phi) is 4.67. The molecular weight excluding hydrogens is 376 g/mol. The van der Waals surface area contributed by atoms with Crippen molar-refractivity contribution in [3.63, 3.8) is 0 Å². The van der Waals surface area contributed by atoms with E-state index in [0.717, 1.165) is 51.8 Å². The van der Waals surface area contributed by atoms with Crippen LogP contribution in [0.15, 0.2) is 76.6 Å². The summed E-state index contributed by atoms with van der Waals surface area (Å²) >= 11 is 0. The van der Waals surface area contributed by atoms with Crippen molar-refractivity contribution < 1.29 is 9.15 Å². The Balaban J connectivity index is 1.72. The number of furan rings is 1. The predicted molar refractivity (Wildman–Crippen MR) is 115 cm³/mol. The average molecular weight is 398 g/mol. The zero-order chi connectivity index (χ0) is 20.5. The zero-order valence-corrected chi connectivity index (χ0v) is 16.9. The van der Waals surface area contributed by atoms with Crippen LogP contribution in [0, 0.1) is 0 Å². The molecule has 1 aromatic carbocycles. The van der Waals surface area contributed by atoms with Gasteiger partial charge in [0.15, 0.2) is 5.82 Å². The Morgan fingerprint density at radius 2 is 2.00 bits per heavy atom. The molecule has 3 aromatic heterocycles. The first kappa shape index (κ1) is 18.4. The van der Waals surface area contributed by atoms with E-state index in [-0.39, 0.29) is 6.04 Å². The van der Waals surface area contributed by atoms with E-state index in [0.29, 0.717) is 6.42 Å². The van der Waals surface area contributed by atoms with Crippen LogP contribution in [0.2, 0.25) is 0 Å². The fourth-order valence-electron chi connectivity index (χ4n) is 3.97. The molecule has 6 heteroatoms. The number of aliphatic imine (C=N–C) groups is 1. The van der Waals surface area contributed by atoms with Crippen LogP contribution < -0.4 is 4.74 Å². The van der Waals surface area contributed by atoms with Crippen LogP contribution in [0.3, 0.4) is 0 Å². The minimum atomic E-state index is 0.00333. The lowest BCUT2D eigenvalue weighted by molar-refractivity contribution is 0.415. The van der Waals surface area contributed by atoms with Gasteiger partial charge in [0.2, 0.25) is 0 Å². The van der Waals surface area contributed by atoms with Crippen LogP contribution in [-0.4, -0.2) is 27.6 Å². The van der Waals surface area contributed by atoms with Gasteiger partial charge >= 0.3 is 0 Å². The van der Waals surface area contributed by atoms with Gasteiger partial charge in [-0.1, -0.05) is 25.1 Å². The summed E-state index contributed by atoms with van der Waals surface area (Å²) in [5, 5.41) is 4.98. The molecule has 4 heterocycles. The van der Waals surface area contributed by atoms with Gasteiger partial charge in [-0.2, -0.15) is 5.10 Å². The molecular formula is C24H22N4O2. The molecule has 6 nitrogen and oxygen atoms in total. The van der Waals surface area contributed by atoms with E-state index in [4.69, 9.17) is 19.2 Å². The van der Waals surface area contributed by atoms with Gasteiger partial charge in [0.1, 0.15) is 11.5 Å². The van der Waals surface area contributed by atoms with Crippen LogP contribution in [0.5, 0.6) is 5.75 Å². The Morgan fingerprint density at radius 3 is 2.67 bits per heavy atom. The molecule has 1 atom stereocenters. The highest BCUT2D eigenvalue weighted by Gasteiger charge is 2.31. The molecule has 1 aliphatic heterocycles. The van der Waals surface area contributed by atoms with Gasteiger partial charge in [0.05, 0.1) is 30.8 Å². The molecule has 1 unspecified atom stereocenters. The molecule has 0 fully saturated rings. The second-order valence-corrected chi connectivity index (χ2v) is 7.21. The minimum absolute atomic E-state index is 0.00333. The van der Waals surface area contributed by atoms with Gasteiger partial charge in [-0.05, 0) is 47.9 Å². The summed E-state index contributed by atoms with van der Waals surface area (Å²) < 4.78 is 13.1. The third-order valence-electron chi connectivity index (χ3n) is 5.47. The van der Waals surface area contributed by atoms with E-state index in [1.54, 1.807) is 19.6 Å². The first-order valence-electron chi connectivity index (χ1n) is 10.1. The smallest absolute Gasteiger partial charge is 0.159 e. The lowest BCUT2D eigenvalue weighted by Gasteiger charge is -2.24. The number of rotatable bonds is 5. The van der Waals surface area contributed by atoms with Crippen molar-refractivity contribution in [1.29, 1.82) is 0 Å². The minimum Gasteiger partial charge on any atom is -0.497 e. The maximum atomic E-state index is 5.69. The topological polar surface area (TPSA) is 65.4 Å². The molecule has 4 aromatic rings. The standard InChI is InChI=1S/C24H22N4O2/c1-3-19-23(16-8-10-18(29-2)11-9-16)24-26-20(22-7-5-13-30-22)14-21(28(24)27-19)17-6-4-12-25-15-17/h4-13,15,21H,3,14H2,1-2H3.